The number of esters is 1. The van der Waals surface area contributed by atoms with Crippen LogP contribution in [0.25, 0.3) is 0 Å². The van der Waals surface area contributed by atoms with E-state index in [1.807, 2.05) is 0 Å². The third-order valence-corrected chi connectivity index (χ3v) is 3.48. The van der Waals surface area contributed by atoms with Crippen LogP contribution in [0.5, 0.6) is 0 Å². The van der Waals surface area contributed by atoms with E-state index in [1.165, 1.54) is 19.2 Å². The van der Waals surface area contributed by atoms with Crippen LogP contribution in [0.4, 0.5) is 20.2 Å². The molecule has 4 nitrogen and oxygen atoms in total. The van der Waals surface area contributed by atoms with Crippen LogP contribution in [-0.2, 0) is 4.74 Å². The number of ether oxygens (including phenoxy) is 1. The first-order valence-corrected chi connectivity index (χ1v) is 6.84. The van der Waals surface area contributed by atoms with Crippen molar-refractivity contribution in [1.29, 1.82) is 0 Å². The second-order valence-electron chi connectivity index (χ2n) is 4.28. The molecule has 0 aliphatic carbocycles. The van der Waals surface area contributed by atoms with Gasteiger partial charge in [-0.2, -0.15) is 0 Å². The molecule has 0 saturated heterocycles. The predicted molar refractivity (Wildman–Crippen MR) is 80.5 cm³/mol. The molecule has 1 N–H and O–H groups in total. The Kier molecular flexibility index (Phi) is 4.87. The van der Waals surface area contributed by atoms with Crippen molar-refractivity contribution in [2.24, 2.45) is 0 Å². The summed E-state index contributed by atoms with van der Waals surface area (Å²) in [6.45, 7) is 0. The fourth-order valence-corrected chi connectivity index (χ4v) is 2.16. The SMILES string of the molecule is COC(=O)c1cc(F)c(Br)cc1Nc1ccc(F)cc1C=O. The molecule has 2 rings (SSSR count). The molecule has 2 aromatic rings. The minimum atomic E-state index is -0.747. The molecule has 114 valence electrons. The number of nitrogens with one attached hydrogen (secondary N) is 1. The monoisotopic (exact) mass is 369 g/mol. The number of benzene rings is 2. The highest BCUT2D eigenvalue weighted by molar-refractivity contribution is 9.10. The predicted octanol–water partition coefficient (Wildman–Crippen LogP) is 4.07. The van der Waals surface area contributed by atoms with Gasteiger partial charge in [0.05, 0.1) is 22.8 Å². The smallest absolute Gasteiger partial charge is 0.340 e. The Labute approximate surface area is 133 Å². The van der Waals surface area contributed by atoms with E-state index >= 15 is 0 Å². The van der Waals surface area contributed by atoms with Crippen molar-refractivity contribution in [3.8, 4) is 0 Å². The molecular weight excluding hydrogens is 360 g/mol. The van der Waals surface area contributed by atoms with Gasteiger partial charge in [0, 0.05) is 11.3 Å². The van der Waals surface area contributed by atoms with Crippen molar-refractivity contribution in [2.75, 3.05) is 12.4 Å². The van der Waals surface area contributed by atoms with Crippen LogP contribution in [0.3, 0.4) is 0 Å². The minimum absolute atomic E-state index is 0.0515. The molecule has 0 unspecified atom stereocenters. The number of carbonyl (C=O) groups excluding carboxylic acids is 2. The van der Waals surface area contributed by atoms with E-state index in [0.29, 0.717) is 6.29 Å². The maximum atomic E-state index is 13.6. The van der Waals surface area contributed by atoms with E-state index in [-0.39, 0.29) is 27.0 Å². The van der Waals surface area contributed by atoms with Gasteiger partial charge in [0.15, 0.2) is 6.29 Å². The van der Waals surface area contributed by atoms with Crippen molar-refractivity contribution in [1.82, 2.24) is 0 Å². The van der Waals surface area contributed by atoms with Gasteiger partial charge >= 0.3 is 5.97 Å². The van der Waals surface area contributed by atoms with Crippen LogP contribution in [0.2, 0.25) is 0 Å². The van der Waals surface area contributed by atoms with Gasteiger partial charge in [-0.25, -0.2) is 13.6 Å². The summed E-state index contributed by atoms with van der Waals surface area (Å²) in [5.74, 6) is -1.95. The van der Waals surface area contributed by atoms with Crippen LogP contribution in [0.15, 0.2) is 34.8 Å². The van der Waals surface area contributed by atoms with E-state index in [2.05, 4.69) is 26.0 Å². The van der Waals surface area contributed by atoms with Crippen molar-refractivity contribution in [2.45, 2.75) is 0 Å². The summed E-state index contributed by atoms with van der Waals surface area (Å²) in [5, 5.41) is 2.81. The van der Waals surface area contributed by atoms with Crippen LogP contribution in [0.1, 0.15) is 20.7 Å². The third kappa shape index (κ3) is 3.30. The number of aldehydes is 1. The standard InChI is InChI=1S/C15H10BrF2NO3/c1-22-15(21)10-5-12(18)11(16)6-14(10)19-13-3-2-9(17)4-8(13)7-20/h2-7,19H,1H3. The average Bonchev–Trinajstić information content (AvgIpc) is 2.51. The lowest BCUT2D eigenvalue weighted by Crippen LogP contribution is -2.07. The Balaban J connectivity index is 2.51. The molecular formula is C15H10BrF2NO3. The van der Waals surface area contributed by atoms with E-state index in [0.717, 1.165) is 18.2 Å². The zero-order chi connectivity index (χ0) is 16.3. The average molecular weight is 370 g/mol. The molecule has 2 aromatic carbocycles. The molecule has 0 bridgehead atoms. The maximum absolute atomic E-state index is 13.6. The van der Waals surface area contributed by atoms with Crippen LogP contribution >= 0.6 is 15.9 Å². The second-order valence-corrected chi connectivity index (χ2v) is 5.13. The number of halogens is 3. The van der Waals surface area contributed by atoms with Gasteiger partial charge in [-0.1, -0.05) is 0 Å². The van der Waals surface area contributed by atoms with Crippen LogP contribution < -0.4 is 5.32 Å². The molecule has 0 aliphatic rings. The number of methoxy groups -OCH3 is 1. The second kappa shape index (κ2) is 6.65. The fourth-order valence-electron chi connectivity index (χ4n) is 1.82. The molecule has 0 heterocycles. The van der Waals surface area contributed by atoms with Crippen molar-refractivity contribution in [3.63, 3.8) is 0 Å². The van der Waals surface area contributed by atoms with Crippen LogP contribution in [0, 0.1) is 11.6 Å². The van der Waals surface area contributed by atoms with Crippen molar-refractivity contribution in [3.05, 3.63) is 57.6 Å². The topological polar surface area (TPSA) is 55.4 Å². The zero-order valence-electron chi connectivity index (χ0n) is 11.3. The third-order valence-electron chi connectivity index (χ3n) is 2.88. The Morgan fingerprint density at radius 1 is 1.23 bits per heavy atom. The molecule has 0 atom stereocenters. The summed E-state index contributed by atoms with van der Waals surface area (Å²) in [7, 11) is 1.17. The number of hydrogen-bond donors (Lipinski definition) is 1. The molecule has 0 aromatic heterocycles. The van der Waals surface area contributed by atoms with Gasteiger partial charge in [0.2, 0.25) is 0 Å². The van der Waals surface area contributed by atoms with E-state index in [1.54, 1.807) is 0 Å². The highest BCUT2D eigenvalue weighted by Crippen LogP contribution is 2.29. The van der Waals surface area contributed by atoms with E-state index in [4.69, 9.17) is 0 Å². The lowest BCUT2D eigenvalue weighted by atomic mass is 10.1. The van der Waals surface area contributed by atoms with Gasteiger partial charge in [-0.05, 0) is 46.3 Å². The van der Waals surface area contributed by atoms with Gasteiger partial charge in [-0.15, -0.1) is 0 Å². The molecule has 0 radical (unpaired) electrons. The summed E-state index contributed by atoms with van der Waals surface area (Å²) in [5.41, 5.74) is 0.510. The van der Waals surface area contributed by atoms with Gasteiger partial charge in [0.25, 0.3) is 0 Å². The van der Waals surface area contributed by atoms with Gasteiger partial charge in [0.1, 0.15) is 11.6 Å². The Morgan fingerprint density at radius 3 is 2.59 bits per heavy atom. The molecule has 22 heavy (non-hydrogen) atoms. The summed E-state index contributed by atoms with van der Waals surface area (Å²) < 4.78 is 31.5. The van der Waals surface area contributed by atoms with Crippen LogP contribution in [-0.4, -0.2) is 19.4 Å². The summed E-state index contributed by atoms with van der Waals surface area (Å²) in [4.78, 5) is 22.7. The molecule has 7 heteroatoms. The number of anilines is 2. The normalized spacial score (nSPS) is 10.2. The zero-order valence-corrected chi connectivity index (χ0v) is 12.9. The van der Waals surface area contributed by atoms with Crippen molar-refractivity contribution >= 4 is 39.6 Å². The van der Waals surface area contributed by atoms with Crippen molar-refractivity contribution < 1.29 is 23.1 Å². The van der Waals surface area contributed by atoms with E-state index in [9.17, 15) is 18.4 Å². The molecule has 0 spiro atoms. The first-order chi connectivity index (χ1) is 10.5. The number of hydrogen-bond acceptors (Lipinski definition) is 4. The number of carbonyl (C=O) groups is 2. The first-order valence-electron chi connectivity index (χ1n) is 6.05. The van der Waals surface area contributed by atoms with Gasteiger partial charge < -0.3 is 10.1 Å². The van der Waals surface area contributed by atoms with Gasteiger partial charge in [-0.3, -0.25) is 4.79 Å². The maximum Gasteiger partial charge on any atom is 0.340 e. The quantitative estimate of drug-likeness (QED) is 0.651. The minimum Gasteiger partial charge on any atom is -0.465 e. The number of rotatable bonds is 4. The molecule has 0 amide bonds. The Morgan fingerprint density at radius 2 is 1.95 bits per heavy atom. The highest BCUT2D eigenvalue weighted by Gasteiger charge is 2.17. The molecule has 0 aliphatic heterocycles. The summed E-state index contributed by atoms with van der Waals surface area (Å²) >= 11 is 3.02. The highest BCUT2D eigenvalue weighted by atomic mass is 79.9. The van der Waals surface area contributed by atoms with E-state index < -0.39 is 17.6 Å². The lowest BCUT2D eigenvalue weighted by molar-refractivity contribution is 0.0601. The fraction of sp³-hybridized carbons (Fsp3) is 0.0667. The lowest BCUT2D eigenvalue weighted by Gasteiger charge is -2.13. The molecule has 0 saturated carbocycles. The Hall–Kier alpha value is -2.28. The first kappa shape index (κ1) is 16.1. The molecule has 0 fully saturated rings. The summed E-state index contributed by atoms with van der Waals surface area (Å²) in [6.07, 6.45) is 0.474. The Bertz CT molecular complexity index is 750. The largest absolute Gasteiger partial charge is 0.465 e. The summed E-state index contributed by atoms with van der Waals surface area (Å²) in [6, 6.07) is 5.89.